The Morgan fingerprint density at radius 2 is 2.43 bits per heavy atom. The largest absolute Gasteiger partial charge is 0.383 e. The fourth-order valence-electron chi connectivity index (χ4n) is 1.74. The molecule has 2 N–H and O–H groups in total. The summed E-state index contributed by atoms with van der Waals surface area (Å²) in [5.41, 5.74) is 8.24. The highest BCUT2D eigenvalue weighted by Gasteiger charge is 2.14. The highest BCUT2D eigenvalue weighted by Crippen LogP contribution is 2.26. The number of allylic oxidation sites excluding steroid dienone is 2. The Hall–Kier alpha value is -1.02. The SMILES string of the molecule is Nc1ncccc1CC1=CC(Cl)CC1. The van der Waals surface area contributed by atoms with Crippen molar-refractivity contribution in [1.29, 1.82) is 0 Å². The fourth-order valence-corrected chi connectivity index (χ4v) is 2.03. The van der Waals surface area contributed by atoms with Crippen LogP contribution in [-0.4, -0.2) is 10.4 Å². The van der Waals surface area contributed by atoms with Gasteiger partial charge in [0.1, 0.15) is 5.82 Å². The number of hydrogen-bond acceptors (Lipinski definition) is 2. The van der Waals surface area contributed by atoms with Gasteiger partial charge in [-0.1, -0.05) is 17.7 Å². The van der Waals surface area contributed by atoms with Crippen molar-refractivity contribution in [3.05, 3.63) is 35.5 Å². The van der Waals surface area contributed by atoms with Crippen LogP contribution in [0.3, 0.4) is 0 Å². The fraction of sp³-hybridized carbons (Fsp3) is 0.364. The molecule has 1 atom stereocenters. The van der Waals surface area contributed by atoms with Crippen LogP contribution < -0.4 is 5.73 Å². The maximum atomic E-state index is 5.99. The molecule has 2 nitrogen and oxygen atoms in total. The molecule has 14 heavy (non-hydrogen) atoms. The van der Waals surface area contributed by atoms with Crippen LogP contribution in [0.4, 0.5) is 5.82 Å². The standard InChI is InChI=1S/C11H13ClN2/c12-10-4-3-8(7-10)6-9-2-1-5-14-11(9)13/h1-2,5,7,10H,3-4,6H2,(H2,13,14). The Kier molecular flexibility index (Phi) is 2.73. The monoisotopic (exact) mass is 208 g/mol. The van der Waals surface area contributed by atoms with Crippen molar-refractivity contribution in [1.82, 2.24) is 4.98 Å². The van der Waals surface area contributed by atoms with Crippen molar-refractivity contribution in [3.63, 3.8) is 0 Å². The van der Waals surface area contributed by atoms with Crippen molar-refractivity contribution in [3.8, 4) is 0 Å². The summed E-state index contributed by atoms with van der Waals surface area (Å²) in [7, 11) is 0. The van der Waals surface area contributed by atoms with Gasteiger partial charge in [0.25, 0.3) is 0 Å². The number of nitrogen functional groups attached to an aromatic ring is 1. The van der Waals surface area contributed by atoms with Crippen LogP contribution in [0.5, 0.6) is 0 Å². The topological polar surface area (TPSA) is 38.9 Å². The minimum atomic E-state index is 0.211. The van der Waals surface area contributed by atoms with E-state index in [9.17, 15) is 0 Å². The summed E-state index contributed by atoms with van der Waals surface area (Å²) in [6.45, 7) is 0. The second-order valence-electron chi connectivity index (χ2n) is 3.60. The zero-order valence-electron chi connectivity index (χ0n) is 7.91. The van der Waals surface area contributed by atoms with Gasteiger partial charge in [-0.3, -0.25) is 0 Å². The molecule has 2 rings (SSSR count). The van der Waals surface area contributed by atoms with E-state index in [1.165, 1.54) is 5.57 Å². The predicted molar refractivity (Wildman–Crippen MR) is 59.3 cm³/mol. The van der Waals surface area contributed by atoms with E-state index in [4.69, 9.17) is 17.3 Å². The maximum absolute atomic E-state index is 5.99. The zero-order valence-corrected chi connectivity index (χ0v) is 8.67. The number of nitrogens with zero attached hydrogens (tertiary/aromatic N) is 1. The van der Waals surface area contributed by atoms with Gasteiger partial charge in [-0.05, 0) is 30.9 Å². The number of alkyl halides is 1. The average molecular weight is 209 g/mol. The van der Waals surface area contributed by atoms with E-state index in [0.717, 1.165) is 24.8 Å². The molecular formula is C11H13ClN2. The molecule has 0 fully saturated rings. The zero-order chi connectivity index (χ0) is 9.97. The minimum Gasteiger partial charge on any atom is -0.383 e. The van der Waals surface area contributed by atoms with E-state index >= 15 is 0 Å². The van der Waals surface area contributed by atoms with Crippen molar-refractivity contribution < 1.29 is 0 Å². The lowest BCUT2D eigenvalue weighted by atomic mass is 10.1. The summed E-state index contributed by atoms with van der Waals surface area (Å²) < 4.78 is 0. The van der Waals surface area contributed by atoms with Gasteiger partial charge < -0.3 is 5.73 Å². The Balaban J connectivity index is 2.12. The van der Waals surface area contributed by atoms with E-state index in [-0.39, 0.29) is 5.38 Å². The smallest absolute Gasteiger partial charge is 0.126 e. The van der Waals surface area contributed by atoms with Gasteiger partial charge in [0, 0.05) is 6.20 Å². The van der Waals surface area contributed by atoms with Gasteiger partial charge in [-0.15, -0.1) is 11.6 Å². The first-order valence-corrected chi connectivity index (χ1v) is 5.22. The Morgan fingerprint density at radius 3 is 3.07 bits per heavy atom. The second-order valence-corrected chi connectivity index (χ2v) is 4.16. The molecule has 0 bridgehead atoms. The molecule has 0 aliphatic heterocycles. The number of nitrogens with two attached hydrogens (primary N) is 1. The lowest BCUT2D eigenvalue weighted by molar-refractivity contribution is 0.891. The number of hydrogen-bond donors (Lipinski definition) is 1. The Bertz CT molecular complexity index is 360. The number of rotatable bonds is 2. The highest BCUT2D eigenvalue weighted by atomic mass is 35.5. The third-order valence-corrected chi connectivity index (χ3v) is 2.85. The van der Waals surface area contributed by atoms with E-state index in [0.29, 0.717) is 5.82 Å². The molecule has 74 valence electrons. The Labute approximate surface area is 88.8 Å². The Morgan fingerprint density at radius 1 is 1.57 bits per heavy atom. The summed E-state index contributed by atoms with van der Waals surface area (Å²) in [5, 5.41) is 0.211. The summed E-state index contributed by atoms with van der Waals surface area (Å²) >= 11 is 5.99. The molecule has 1 aliphatic rings. The van der Waals surface area contributed by atoms with Crippen molar-refractivity contribution >= 4 is 17.4 Å². The molecule has 0 saturated heterocycles. The molecule has 1 unspecified atom stereocenters. The van der Waals surface area contributed by atoms with Crippen LogP contribution in [0.1, 0.15) is 18.4 Å². The van der Waals surface area contributed by atoms with Crippen LogP contribution in [-0.2, 0) is 6.42 Å². The third-order valence-electron chi connectivity index (χ3n) is 2.50. The van der Waals surface area contributed by atoms with E-state index in [2.05, 4.69) is 11.1 Å². The molecule has 0 radical (unpaired) electrons. The molecular weight excluding hydrogens is 196 g/mol. The maximum Gasteiger partial charge on any atom is 0.126 e. The van der Waals surface area contributed by atoms with Crippen LogP contribution in [0.2, 0.25) is 0 Å². The lowest BCUT2D eigenvalue weighted by Gasteiger charge is -2.04. The summed E-state index contributed by atoms with van der Waals surface area (Å²) in [6, 6.07) is 3.93. The molecule has 1 aromatic rings. The highest BCUT2D eigenvalue weighted by molar-refractivity contribution is 6.22. The molecule has 0 amide bonds. The number of pyridine rings is 1. The molecule has 0 spiro atoms. The van der Waals surface area contributed by atoms with Gasteiger partial charge in [0.05, 0.1) is 5.38 Å². The van der Waals surface area contributed by atoms with Crippen molar-refractivity contribution in [2.24, 2.45) is 0 Å². The summed E-state index contributed by atoms with van der Waals surface area (Å²) in [5.74, 6) is 0.631. The molecule has 1 aromatic heterocycles. The molecule has 0 saturated carbocycles. The minimum absolute atomic E-state index is 0.211. The van der Waals surface area contributed by atoms with Crippen LogP contribution in [0.15, 0.2) is 30.0 Å². The molecule has 3 heteroatoms. The summed E-state index contributed by atoms with van der Waals surface area (Å²) in [4.78, 5) is 4.06. The van der Waals surface area contributed by atoms with E-state index in [1.54, 1.807) is 6.20 Å². The van der Waals surface area contributed by atoms with Crippen LogP contribution in [0, 0.1) is 0 Å². The van der Waals surface area contributed by atoms with Gasteiger partial charge >= 0.3 is 0 Å². The number of anilines is 1. The van der Waals surface area contributed by atoms with E-state index < -0.39 is 0 Å². The van der Waals surface area contributed by atoms with Gasteiger partial charge in [-0.25, -0.2) is 4.98 Å². The average Bonchev–Trinajstić information content (AvgIpc) is 2.56. The first-order chi connectivity index (χ1) is 6.75. The van der Waals surface area contributed by atoms with Gasteiger partial charge in [0.15, 0.2) is 0 Å². The first kappa shape index (κ1) is 9.53. The van der Waals surface area contributed by atoms with Gasteiger partial charge in [0.2, 0.25) is 0 Å². The lowest BCUT2D eigenvalue weighted by Crippen LogP contribution is -1.97. The number of halogens is 1. The van der Waals surface area contributed by atoms with Gasteiger partial charge in [-0.2, -0.15) is 0 Å². The third kappa shape index (κ3) is 2.07. The predicted octanol–water partition coefficient (Wildman–Crippen LogP) is 2.53. The number of aromatic nitrogens is 1. The van der Waals surface area contributed by atoms with E-state index in [1.807, 2.05) is 12.1 Å². The normalized spacial score (nSPS) is 20.9. The quantitative estimate of drug-likeness (QED) is 0.599. The molecule has 0 aromatic carbocycles. The summed E-state index contributed by atoms with van der Waals surface area (Å²) in [6.07, 6.45) is 6.88. The first-order valence-electron chi connectivity index (χ1n) is 4.78. The van der Waals surface area contributed by atoms with Crippen LogP contribution >= 0.6 is 11.6 Å². The van der Waals surface area contributed by atoms with Crippen molar-refractivity contribution in [2.45, 2.75) is 24.6 Å². The van der Waals surface area contributed by atoms with Crippen LogP contribution in [0.25, 0.3) is 0 Å². The molecule has 1 aliphatic carbocycles. The molecule has 1 heterocycles. The van der Waals surface area contributed by atoms with Crippen molar-refractivity contribution in [2.75, 3.05) is 5.73 Å². The second kappa shape index (κ2) is 4.01.